The largest absolute Gasteiger partial charge is 0.475 e. The second-order valence-corrected chi connectivity index (χ2v) is 5.34. The number of carbonyl (C=O) groups excluding carboxylic acids is 2. The summed E-state index contributed by atoms with van der Waals surface area (Å²) < 4.78 is 47.4. The summed E-state index contributed by atoms with van der Waals surface area (Å²) >= 11 is 0. The van der Waals surface area contributed by atoms with Crippen LogP contribution in [0.3, 0.4) is 0 Å². The van der Waals surface area contributed by atoms with E-state index in [1.165, 1.54) is 12.0 Å². The summed E-state index contributed by atoms with van der Waals surface area (Å²) in [4.78, 5) is 25.9. The van der Waals surface area contributed by atoms with E-state index < -0.39 is 30.7 Å². The number of nitrogens with zero attached hydrogens (tertiary/aromatic N) is 2. The van der Waals surface area contributed by atoms with Crippen LogP contribution in [-0.4, -0.2) is 62.8 Å². The standard InChI is InChI=1S/C15H17F3N2O4/c1-19(9-15(16,17)18)13(21)8-20-7-12(14(22)23-2)24-11-6-4-3-5-10(11)20/h3-6,12H,7-9H2,1-2H3/t12-/m1/s1. The van der Waals surface area contributed by atoms with Crippen LogP contribution < -0.4 is 9.64 Å². The zero-order valence-corrected chi connectivity index (χ0v) is 13.2. The summed E-state index contributed by atoms with van der Waals surface area (Å²) in [5.74, 6) is -0.969. The predicted octanol–water partition coefficient (Wildman–Crippen LogP) is 1.45. The fourth-order valence-electron chi connectivity index (χ4n) is 2.35. The van der Waals surface area contributed by atoms with E-state index >= 15 is 0 Å². The number of benzene rings is 1. The lowest BCUT2D eigenvalue weighted by Crippen LogP contribution is -2.49. The quantitative estimate of drug-likeness (QED) is 0.773. The molecule has 2 rings (SSSR count). The van der Waals surface area contributed by atoms with E-state index in [9.17, 15) is 22.8 Å². The molecular formula is C15H17F3N2O4. The second kappa shape index (κ2) is 6.98. The highest BCUT2D eigenvalue weighted by molar-refractivity contribution is 5.84. The maximum atomic E-state index is 12.4. The van der Waals surface area contributed by atoms with Crippen molar-refractivity contribution in [1.29, 1.82) is 0 Å². The molecule has 0 bridgehead atoms. The molecule has 9 heteroatoms. The van der Waals surface area contributed by atoms with Crippen molar-refractivity contribution < 1.29 is 32.2 Å². The van der Waals surface area contributed by atoms with Crippen LogP contribution in [0.2, 0.25) is 0 Å². The minimum Gasteiger partial charge on any atom is -0.475 e. The first-order valence-corrected chi connectivity index (χ1v) is 7.10. The molecule has 6 nitrogen and oxygen atoms in total. The van der Waals surface area contributed by atoms with Crippen LogP contribution >= 0.6 is 0 Å². The summed E-state index contributed by atoms with van der Waals surface area (Å²) in [6, 6.07) is 6.67. The van der Waals surface area contributed by atoms with E-state index in [2.05, 4.69) is 4.74 Å². The number of para-hydroxylation sites is 2. The summed E-state index contributed by atoms with van der Waals surface area (Å²) in [5.41, 5.74) is 0.534. The second-order valence-electron chi connectivity index (χ2n) is 5.34. The van der Waals surface area contributed by atoms with Crippen molar-refractivity contribution in [3.8, 4) is 5.75 Å². The lowest BCUT2D eigenvalue weighted by molar-refractivity contribution is -0.157. The minimum atomic E-state index is -4.47. The van der Waals surface area contributed by atoms with Gasteiger partial charge in [-0.25, -0.2) is 4.79 Å². The third-order valence-corrected chi connectivity index (χ3v) is 3.49. The maximum Gasteiger partial charge on any atom is 0.406 e. The van der Waals surface area contributed by atoms with Crippen LogP contribution in [0.25, 0.3) is 0 Å². The van der Waals surface area contributed by atoms with Crippen LogP contribution in [0.15, 0.2) is 24.3 Å². The van der Waals surface area contributed by atoms with Gasteiger partial charge >= 0.3 is 12.1 Å². The van der Waals surface area contributed by atoms with E-state index in [-0.39, 0.29) is 13.1 Å². The number of esters is 1. The SMILES string of the molecule is COC(=O)[C@H]1CN(CC(=O)N(C)CC(F)(F)F)c2ccccc2O1. The first-order chi connectivity index (χ1) is 11.2. The van der Waals surface area contributed by atoms with Crippen molar-refractivity contribution >= 4 is 17.6 Å². The minimum absolute atomic E-state index is 0.00921. The molecule has 0 aliphatic carbocycles. The summed E-state index contributed by atoms with van der Waals surface area (Å²) in [6.07, 6.45) is -5.42. The normalized spacial score (nSPS) is 16.9. The number of rotatable bonds is 4. The van der Waals surface area contributed by atoms with Crippen molar-refractivity contribution in [3.63, 3.8) is 0 Å². The number of ether oxygens (including phenoxy) is 2. The molecule has 1 aliphatic heterocycles. The van der Waals surface area contributed by atoms with Crippen LogP contribution in [0.1, 0.15) is 0 Å². The fourth-order valence-corrected chi connectivity index (χ4v) is 2.35. The molecule has 132 valence electrons. The van der Waals surface area contributed by atoms with Gasteiger partial charge in [0.1, 0.15) is 12.3 Å². The Morgan fingerprint density at radius 3 is 2.67 bits per heavy atom. The molecule has 0 N–H and O–H groups in total. The van der Waals surface area contributed by atoms with Crippen LogP contribution in [0.5, 0.6) is 5.75 Å². The Hall–Kier alpha value is -2.45. The molecule has 1 atom stereocenters. The van der Waals surface area contributed by atoms with E-state index in [0.717, 1.165) is 7.05 Å². The predicted molar refractivity (Wildman–Crippen MR) is 78.8 cm³/mol. The zero-order valence-electron chi connectivity index (χ0n) is 13.2. The fraction of sp³-hybridized carbons (Fsp3) is 0.467. The third kappa shape index (κ3) is 4.30. The molecule has 0 saturated heterocycles. The van der Waals surface area contributed by atoms with Gasteiger partial charge in [0.15, 0.2) is 0 Å². The number of likely N-dealkylation sites (N-methyl/N-ethyl adjacent to an activating group) is 1. The molecule has 1 aromatic carbocycles. The lowest BCUT2D eigenvalue weighted by atomic mass is 10.2. The van der Waals surface area contributed by atoms with Crippen LogP contribution in [0.4, 0.5) is 18.9 Å². The van der Waals surface area contributed by atoms with Gasteiger partial charge in [0, 0.05) is 7.05 Å². The van der Waals surface area contributed by atoms with Gasteiger partial charge in [-0.1, -0.05) is 12.1 Å². The molecule has 0 aromatic heterocycles. The highest BCUT2D eigenvalue weighted by Gasteiger charge is 2.35. The van der Waals surface area contributed by atoms with Crippen molar-refractivity contribution in [2.75, 3.05) is 38.7 Å². The van der Waals surface area contributed by atoms with Gasteiger partial charge in [0.2, 0.25) is 12.0 Å². The Bertz CT molecular complexity index is 621. The van der Waals surface area contributed by atoms with Crippen molar-refractivity contribution in [2.24, 2.45) is 0 Å². The van der Waals surface area contributed by atoms with Gasteiger partial charge in [-0.3, -0.25) is 4.79 Å². The Balaban J connectivity index is 2.15. The van der Waals surface area contributed by atoms with E-state index in [1.807, 2.05) is 0 Å². The van der Waals surface area contributed by atoms with Gasteiger partial charge in [-0.15, -0.1) is 0 Å². The van der Waals surface area contributed by atoms with Gasteiger partial charge in [-0.2, -0.15) is 13.2 Å². The smallest absolute Gasteiger partial charge is 0.406 e. The molecule has 1 amide bonds. The highest BCUT2D eigenvalue weighted by Crippen LogP contribution is 2.33. The summed E-state index contributed by atoms with van der Waals surface area (Å²) in [6.45, 7) is -1.63. The van der Waals surface area contributed by atoms with Gasteiger partial charge < -0.3 is 19.3 Å². The highest BCUT2D eigenvalue weighted by atomic mass is 19.4. The number of hydrogen-bond donors (Lipinski definition) is 0. The van der Waals surface area contributed by atoms with E-state index in [1.54, 1.807) is 24.3 Å². The number of anilines is 1. The number of alkyl halides is 3. The first-order valence-electron chi connectivity index (χ1n) is 7.10. The first kappa shape index (κ1) is 17.9. The average Bonchev–Trinajstić information content (AvgIpc) is 2.52. The molecular weight excluding hydrogens is 329 g/mol. The Morgan fingerprint density at radius 1 is 1.38 bits per heavy atom. The van der Waals surface area contributed by atoms with Crippen LogP contribution in [0, 0.1) is 0 Å². The molecule has 24 heavy (non-hydrogen) atoms. The van der Waals surface area contributed by atoms with Gasteiger partial charge in [0.25, 0.3) is 0 Å². The number of methoxy groups -OCH3 is 1. The molecule has 0 saturated carbocycles. The maximum absolute atomic E-state index is 12.4. The third-order valence-electron chi connectivity index (χ3n) is 3.49. The van der Waals surface area contributed by atoms with Crippen molar-refractivity contribution in [2.45, 2.75) is 12.3 Å². The summed E-state index contributed by atoms with van der Waals surface area (Å²) in [5, 5.41) is 0. The molecule has 0 unspecified atom stereocenters. The number of fused-ring (bicyclic) bond motifs is 1. The number of amides is 1. The topological polar surface area (TPSA) is 59.1 Å². The molecule has 0 fully saturated rings. The number of halogens is 3. The molecule has 0 radical (unpaired) electrons. The zero-order chi connectivity index (χ0) is 17.9. The van der Waals surface area contributed by atoms with E-state index in [4.69, 9.17) is 4.74 Å². The summed E-state index contributed by atoms with van der Waals surface area (Å²) in [7, 11) is 2.29. The lowest BCUT2D eigenvalue weighted by Gasteiger charge is -2.35. The molecule has 1 heterocycles. The Labute approximate surface area is 136 Å². The Morgan fingerprint density at radius 2 is 2.04 bits per heavy atom. The van der Waals surface area contributed by atoms with Gasteiger partial charge in [0.05, 0.1) is 25.9 Å². The monoisotopic (exact) mass is 346 g/mol. The number of carbonyl (C=O) groups is 2. The Kier molecular flexibility index (Phi) is 5.20. The van der Waals surface area contributed by atoms with Gasteiger partial charge in [-0.05, 0) is 12.1 Å². The van der Waals surface area contributed by atoms with Crippen molar-refractivity contribution in [3.05, 3.63) is 24.3 Å². The molecule has 1 aromatic rings. The van der Waals surface area contributed by atoms with E-state index in [0.29, 0.717) is 16.3 Å². The van der Waals surface area contributed by atoms with Crippen LogP contribution in [-0.2, 0) is 14.3 Å². The molecule has 1 aliphatic rings. The van der Waals surface area contributed by atoms with Crippen molar-refractivity contribution in [1.82, 2.24) is 4.90 Å². The average molecular weight is 346 g/mol. The number of hydrogen-bond acceptors (Lipinski definition) is 5. The molecule has 0 spiro atoms.